The van der Waals surface area contributed by atoms with E-state index in [2.05, 4.69) is 0 Å². The van der Waals surface area contributed by atoms with E-state index in [1.165, 1.54) is 6.92 Å². The van der Waals surface area contributed by atoms with E-state index in [-0.39, 0.29) is 6.54 Å². The molecule has 60 valence electrons. The van der Waals surface area contributed by atoms with Crippen LogP contribution in [0, 0.1) is 0 Å². The zero-order chi connectivity index (χ0) is 8.15. The van der Waals surface area contributed by atoms with Crippen LogP contribution in [0.3, 0.4) is 0 Å². The second-order valence-corrected chi connectivity index (χ2v) is 1.89. The van der Waals surface area contributed by atoms with Gasteiger partial charge in [-0.05, 0) is 6.92 Å². The van der Waals surface area contributed by atoms with Crippen LogP contribution in [0.4, 0.5) is 8.78 Å². The summed E-state index contributed by atoms with van der Waals surface area (Å²) in [5.74, 6) is -1.35. The van der Waals surface area contributed by atoms with Crippen molar-refractivity contribution in [2.45, 2.75) is 19.5 Å². The minimum Gasteiger partial charge on any atom is -0.392 e. The van der Waals surface area contributed by atoms with Crippen molar-refractivity contribution in [1.82, 2.24) is 5.32 Å². The lowest BCUT2D eigenvalue weighted by atomic mass is 10.4. The second kappa shape index (κ2) is 4.16. The first-order valence-electron chi connectivity index (χ1n) is 2.78. The lowest BCUT2D eigenvalue weighted by Crippen LogP contribution is -2.34. The maximum atomic E-state index is 11.4. The third-order valence-electron chi connectivity index (χ3n) is 0.770. The number of rotatable bonds is 3. The van der Waals surface area contributed by atoms with E-state index in [1.807, 2.05) is 5.32 Å². The molecule has 0 rings (SSSR count). The largest absolute Gasteiger partial charge is 0.392 e. The second-order valence-electron chi connectivity index (χ2n) is 1.89. The Morgan fingerprint density at radius 1 is 1.70 bits per heavy atom. The first-order valence-corrected chi connectivity index (χ1v) is 2.78. The Bertz CT molecular complexity index is 116. The molecule has 10 heavy (non-hydrogen) atoms. The SMILES string of the molecule is CC(O)CNC(=O)C(F)F. The number of carbonyl (C=O) groups excluding carboxylic acids is 1. The molecule has 0 spiro atoms. The molecular weight excluding hydrogens is 144 g/mol. The van der Waals surface area contributed by atoms with Gasteiger partial charge < -0.3 is 10.4 Å². The highest BCUT2D eigenvalue weighted by molar-refractivity contribution is 5.79. The molecule has 0 aliphatic rings. The molecule has 0 radical (unpaired) electrons. The minimum atomic E-state index is -3.00. The van der Waals surface area contributed by atoms with Gasteiger partial charge in [0.2, 0.25) is 0 Å². The monoisotopic (exact) mass is 153 g/mol. The van der Waals surface area contributed by atoms with E-state index < -0.39 is 18.4 Å². The Balaban J connectivity index is 3.40. The van der Waals surface area contributed by atoms with Crippen LogP contribution < -0.4 is 5.32 Å². The number of hydrogen-bond acceptors (Lipinski definition) is 2. The van der Waals surface area contributed by atoms with E-state index in [9.17, 15) is 13.6 Å². The highest BCUT2D eigenvalue weighted by Gasteiger charge is 2.14. The van der Waals surface area contributed by atoms with E-state index in [1.54, 1.807) is 0 Å². The molecule has 0 aromatic carbocycles. The quantitative estimate of drug-likeness (QED) is 0.587. The van der Waals surface area contributed by atoms with Gasteiger partial charge in [-0.3, -0.25) is 4.79 Å². The Labute approximate surface area is 57.0 Å². The van der Waals surface area contributed by atoms with Crippen LogP contribution in [0.2, 0.25) is 0 Å². The molecule has 0 aromatic heterocycles. The first-order chi connectivity index (χ1) is 4.54. The van der Waals surface area contributed by atoms with E-state index in [0.29, 0.717) is 0 Å². The molecule has 0 aliphatic heterocycles. The van der Waals surface area contributed by atoms with Crippen LogP contribution in [0.5, 0.6) is 0 Å². The number of hydrogen-bond donors (Lipinski definition) is 2. The molecule has 1 atom stereocenters. The van der Waals surface area contributed by atoms with Gasteiger partial charge >= 0.3 is 6.43 Å². The number of alkyl halides is 2. The summed E-state index contributed by atoms with van der Waals surface area (Å²) >= 11 is 0. The minimum absolute atomic E-state index is 0.136. The molecule has 0 bridgehead atoms. The number of amides is 1. The van der Waals surface area contributed by atoms with E-state index in [4.69, 9.17) is 5.11 Å². The predicted molar refractivity (Wildman–Crippen MR) is 30.7 cm³/mol. The summed E-state index contributed by atoms with van der Waals surface area (Å²) < 4.78 is 22.8. The van der Waals surface area contributed by atoms with Crippen LogP contribution in [0.15, 0.2) is 0 Å². The molecule has 0 fully saturated rings. The number of nitrogens with one attached hydrogen (secondary N) is 1. The average Bonchev–Trinajstić information content (AvgIpc) is 1.82. The summed E-state index contributed by atoms with van der Waals surface area (Å²) in [6.07, 6.45) is -3.79. The summed E-state index contributed by atoms with van der Waals surface area (Å²) in [4.78, 5) is 10.1. The van der Waals surface area contributed by atoms with Gasteiger partial charge in [0.05, 0.1) is 6.10 Å². The number of aliphatic hydroxyl groups is 1. The maximum Gasteiger partial charge on any atom is 0.315 e. The van der Waals surface area contributed by atoms with Gasteiger partial charge in [0.25, 0.3) is 5.91 Å². The molecule has 3 nitrogen and oxygen atoms in total. The molecule has 5 heteroatoms. The van der Waals surface area contributed by atoms with Crippen molar-refractivity contribution in [1.29, 1.82) is 0 Å². The van der Waals surface area contributed by atoms with Crippen LogP contribution >= 0.6 is 0 Å². The Hall–Kier alpha value is -0.710. The van der Waals surface area contributed by atoms with Crippen molar-refractivity contribution in [3.05, 3.63) is 0 Å². The maximum absolute atomic E-state index is 11.4. The predicted octanol–water partition coefficient (Wildman–Crippen LogP) is -0.252. The topological polar surface area (TPSA) is 49.3 Å². The highest BCUT2D eigenvalue weighted by Crippen LogP contribution is 1.90. The molecule has 0 saturated carbocycles. The smallest absolute Gasteiger partial charge is 0.315 e. The number of carbonyl (C=O) groups is 1. The van der Waals surface area contributed by atoms with Gasteiger partial charge in [0, 0.05) is 6.54 Å². The Kier molecular flexibility index (Phi) is 3.87. The van der Waals surface area contributed by atoms with Gasteiger partial charge in [-0.2, -0.15) is 8.78 Å². The van der Waals surface area contributed by atoms with Gasteiger partial charge in [0.1, 0.15) is 0 Å². The van der Waals surface area contributed by atoms with Crippen molar-refractivity contribution in [3.8, 4) is 0 Å². The van der Waals surface area contributed by atoms with E-state index >= 15 is 0 Å². The molecule has 0 aliphatic carbocycles. The molecule has 0 heterocycles. The summed E-state index contributed by atoms with van der Waals surface area (Å²) in [5, 5.41) is 10.4. The number of halogens is 2. The van der Waals surface area contributed by atoms with Crippen molar-refractivity contribution in [3.63, 3.8) is 0 Å². The molecule has 0 aromatic rings. The van der Waals surface area contributed by atoms with Crippen LogP contribution in [0.25, 0.3) is 0 Å². The zero-order valence-corrected chi connectivity index (χ0v) is 5.47. The zero-order valence-electron chi connectivity index (χ0n) is 5.47. The molecular formula is C5H9F2NO2. The van der Waals surface area contributed by atoms with Crippen LogP contribution in [-0.2, 0) is 4.79 Å². The van der Waals surface area contributed by atoms with Crippen LogP contribution in [-0.4, -0.2) is 30.1 Å². The summed E-state index contributed by atoms with van der Waals surface area (Å²) in [5.41, 5.74) is 0. The van der Waals surface area contributed by atoms with Crippen molar-refractivity contribution in [2.24, 2.45) is 0 Å². The third kappa shape index (κ3) is 4.20. The summed E-state index contributed by atoms with van der Waals surface area (Å²) in [6.45, 7) is 1.26. The molecule has 2 N–H and O–H groups in total. The molecule has 1 unspecified atom stereocenters. The number of aliphatic hydroxyl groups excluding tert-OH is 1. The van der Waals surface area contributed by atoms with Gasteiger partial charge in [0.15, 0.2) is 0 Å². The van der Waals surface area contributed by atoms with Crippen molar-refractivity contribution < 1.29 is 18.7 Å². The lowest BCUT2D eigenvalue weighted by Gasteiger charge is -2.04. The average molecular weight is 153 g/mol. The van der Waals surface area contributed by atoms with Gasteiger partial charge in [-0.15, -0.1) is 0 Å². The third-order valence-corrected chi connectivity index (χ3v) is 0.770. The summed E-state index contributed by atoms with van der Waals surface area (Å²) in [7, 11) is 0. The van der Waals surface area contributed by atoms with Crippen molar-refractivity contribution >= 4 is 5.91 Å². The van der Waals surface area contributed by atoms with Gasteiger partial charge in [-0.1, -0.05) is 0 Å². The van der Waals surface area contributed by atoms with Crippen molar-refractivity contribution in [2.75, 3.05) is 6.54 Å². The first kappa shape index (κ1) is 9.29. The lowest BCUT2D eigenvalue weighted by molar-refractivity contribution is -0.132. The molecule has 1 amide bonds. The van der Waals surface area contributed by atoms with Crippen LogP contribution in [0.1, 0.15) is 6.92 Å². The summed E-state index contributed by atoms with van der Waals surface area (Å²) in [6, 6.07) is 0. The highest BCUT2D eigenvalue weighted by atomic mass is 19.3. The Morgan fingerprint density at radius 3 is 2.50 bits per heavy atom. The van der Waals surface area contributed by atoms with Gasteiger partial charge in [-0.25, -0.2) is 0 Å². The molecule has 0 saturated heterocycles. The fourth-order valence-electron chi connectivity index (χ4n) is 0.325. The standard InChI is InChI=1S/C5H9F2NO2/c1-3(9)2-8-5(10)4(6)7/h3-4,9H,2H2,1H3,(H,8,10). The Morgan fingerprint density at radius 2 is 2.20 bits per heavy atom. The fraction of sp³-hybridized carbons (Fsp3) is 0.800. The van der Waals surface area contributed by atoms with E-state index in [0.717, 1.165) is 0 Å². The fourth-order valence-corrected chi connectivity index (χ4v) is 0.325. The normalized spacial score (nSPS) is 13.3.